The van der Waals surface area contributed by atoms with Gasteiger partial charge in [0.15, 0.2) is 0 Å². The second-order valence-electron chi connectivity index (χ2n) is 8.34. The number of anilines is 2. The molecule has 1 aliphatic rings. The second kappa shape index (κ2) is 10.2. The van der Waals surface area contributed by atoms with E-state index < -0.39 is 0 Å². The molecule has 1 fully saturated rings. The van der Waals surface area contributed by atoms with Crippen LogP contribution >= 0.6 is 11.3 Å². The van der Waals surface area contributed by atoms with Gasteiger partial charge in [-0.2, -0.15) is 0 Å². The molecule has 4 rings (SSSR count). The average Bonchev–Trinajstić information content (AvgIpc) is 3.21. The summed E-state index contributed by atoms with van der Waals surface area (Å²) in [7, 11) is 0. The molecule has 1 atom stereocenters. The molecule has 2 aromatic carbocycles. The molecule has 0 radical (unpaired) electrons. The Bertz CT molecular complexity index is 1040. The van der Waals surface area contributed by atoms with Crippen LogP contribution in [0.25, 0.3) is 0 Å². The molecule has 3 aromatic rings. The van der Waals surface area contributed by atoms with Crippen LogP contribution < -0.4 is 15.5 Å². The highest BCUT2D eigenvalue weighted by molar-refractivity contribution is 7.09. The van der Waals surface area contributed by atoms with Gasteiger partial charge in [-0.1, -0.05) is 12.1 Å². The first-order chi connectivity index (χ1) is 15.5. The quantitative estimate of drug-likeness (QED) is 0.524. The van der Waals surface area contributed by atoms with Crippen LogP contribution in [-0.2, 0) is 11.2 Å². The number of piperidine rings is 1. The minimum absolute atomic E-state index is 0.152. The lowest BCUT2D eigenvalue weighted by Crippen LogP contribution is -2.43. The molecule has 0 unspecified atom stereocenters. The number of benzene rings is 2. The largest absolute Gasteiger partial charge is 0.371 e. The van der Waals surface area contributed by atoms with Crippen LogP contribution in [0.3, 0.4) is 0 Å². The number of aryl methyl sites for hydroxylation is 1. The lowest BCUT2D eigenvalue weighted by molar-refractivity contribution is -0.115. The maximum Gasteiger partial charge on any atom is 0.228 e. The maximum absolute atomic E-state index is 13.3. The number of halogens is 1. The average molecular weight is 453 g/mol. The molecule has 0 spiro atoms. The molecule has 5 nitrogen and oxygen atoms in total. The number of thiazole rings is 1. The van der Waals surface area contributed by atoms with Crippen molar-refractivity contribution in [1.29, 1.82) is 0 Å². The number of nitrogens with one attached hydrogen (secondary N) is 2. The monoisotopic (exact) mass is 452 g/mol. The number of hydrogen-bond acceptors (Lipinski definition) is 5. The fraction of sp³-hybridized carbons (Fsp3) is 0.360. The van der Waals surface area contributed by atoms with Crippen LogP contribution in [-0.4, -0.2) is 30.0 Å². The summed E-state index contributed by atoms with van der Waals surface area (Å²) in [5.41, 5.74) is 3.70. The molecule has 2 N–H and O–H groups in total. The molecule has 1 amide bonds. The molecule has 0 bridgehead atoms. The third-order valence-corrected chi connectivity index (χ3v) is 6.62. The van der Waals surface area contributed by atoms with Crippen molar-refractivity contribution < 1.29 is 9.18 Å². The van der Waals surface area contributed by atoms with Crippen LogP contribution in [0.1, 0.15) is 42.1 Å². The predicted molar refractivity (Wildman–Crippen MR) is 129 cm³/mol. The van der Waals surface area contributed by atoms with Gasteiger partial charge in [0.1, 0.15) is 5.82 Å². The van der Waals surface area contributed by atoms with E-state index in [1.807, 2.05) is 31.2 Å². The molecular formula is C25H29FN4OS. The van der Waals surface area contributed by atoms with E-state index in [9.17, 15) is 9.18 Å². The third-order valence-electron chi connectivity index (χ3n) is 5.83. The van der Waals surface area contributed by atoms with E-state index in [1.165, 1.54) is 12.1 Å². The number of rotatable bonds is 7. The highest BCUT2D eigenvalue weighted by atomic mass is 32.1. The van der Waals surface area contributed by atoms with Crippen LogP contribution in [0.2, 0.25) is 0 Å². The van der Waals surface area contributed by atoms with Gasteiger partial charge in [-0.3, -0.25) is 4.79 Å². The van der Waals surface area contributed by atoms with Gasteiger partial charge >= 0.3 is 0 Å². The molecule has 0 saturated carbocycles. The van der Waals surface area contributed by atoms with Crippen molar-refractivity contribution in [2.45, 2.75) is 45.2 Å². The highest BCUT2D eigenvalue weighted by Gasteiger charge is 2.22. The molecule has 1 aromatic heterocycles. The van der Waals surface area contributed by atoms with Crippen molar-refractivity contribution in [2.75, 3.05) is 23.3 Å². The summed E-state index contributed by atoms with van der Waals surface area (Å²) >= 11 is 1.70. The normalized spacial score (nSPS) is 15.5. The van der Waals surface area contributed by atoms with Crippen molar-refractivity contribution in [1.82, 2.24) is 10.3 Å². The van der Waals surface area contributed by atoms with E-state index in [0.717, 1.165) is 48.0 Å². The Hall–Kier alpha value is -2.77. The van der Waals surface area contributed by atoms with E-state index >= 15 is 0 Å². The summed E-state index contributed by atoms with van der Waals surface area (Å²) in [5.74, 6) is -0.481. The van der Waals surface area contributed by atoms with E-state index in [4.69, 9.17) is 0 Å². The standard InChI is InChI=1S/C25H29FN4OS/c1-17(24-16-32-18(2)28-24)27-22-10-12-30(13-11-22)23-8-6-21(7-9-23)29-25(31)15-19-4-3-5-20(26)14-19/h3-9,14,16-17,22,27H,10-13,15H2,1-2H3,(H,29,31)/t17-/m0/s1. The number of carbonyl (C=O) groups excluding carboxylic acids is 1. The van der Waals surface area contributed by atoms with Gasteiger partial charge in [0, 0.05) is 41.9 Å². The van der Waals surface area contributed by atoms with E-state index in [1.54, 1.807) is 23.5 Å². The summed E-state index contributed by atoms with van der Waals surface area (Å²) in [6.07, 6.45) is 2.32. The number of nitrogens with zero attached hydrogens (tertiary/aromatic N) is 2. The van der Waals surface area contributed by atoms with E-state index in [2.05, 4.69) is 32.8 Å². The highest BCUT2D eigenvalue weighted by Crippen LogP contribution is 2.24. The smallest absolute Gasteiger partial charge is 0.228 e. The number of amides is 1. The second-order valence-corrected chi connectivity index (χ2v) is 9.41. The van der Waals surface area contributed by atoms with Crippen LogP contribution in [0.4, 0.5) is 15.8 Å². The molecule has 1 aliphatic heterocycles. The third kappa shape index (κ3) is 5.93. The molecule has 2 heterocycles. The molecule has 168 valence electrons. The SMILES string of the molecule is Cc1nc([C@H](C)NC2CCN(c3ccc(NC(=O)Cc4cccc(F)c4)cc3)CC2)cs1. The topological polar surface area (TPSA) is 57.3 Å². The Morgan fingerprint density at radius 3 is 2.62 bits per heavy atom. The molecule has 0 aliphatic carbocycles. The minimum atomic E-state index is -0.327. The molecule has 7 heteroatoms. The molecule has 1 saturated heterocycles. The van der Waals surface area contributed by atoms with Crippen LogP contribution in [0.15, 0.2) is 53.9 Å². The zero-order valence-electron chi connectivity index (χ0n) is 18.5. The summed E-state index contributed by atoms with van der Waals surface area (Å²) in [6, 6.07) is 14.8. The van der Waals surface area contributed by atoms with Gasteiger partial charge in [-0.25, -0.2) is 9.37 Å². The van der Waals surface area contributed by atoms with Gasteiger partial charge < -0.3 is 15.5 Å². The fourth-order valence-electron chi connectivity index (χ4n) is 4.12. The van der Waals surface area contributed by atoms with Crippen molar-refractivity contribution in [3.8, 4) is 0 Å². The first kappa shape index (κ1) is 22.4. The van der Waals surface area contributed by atoms with Crippen LogP contribution in [0.5, 0.6) is 0 Å². The van der Waals surface area contributed by atoms with Crippen molar-refractivity contribution >= 4 is 28.6 Å². The lowest BCUT2D eigenvalue weighted by atomic mass is 10.0. The van der Waals surface area contributed by atoms with Gasteiger partial charge in [-0.05, 0) is 68.7 Å². The summed E-state index contributed by atoms with van der Waals surface area (Å²) in [5, 5.41) is 9.86. The fourth-order valence-corrected chi connectivity index (χ4v) is 4.82. The van der Waals surface area contributed by atoms with E-state index in [-0.39, 0.29) is 24.2 Å². The van der Waals surface area contributed by atoms with Crippen molar-refractivity contribution in [3.05, 3.63) is 76.0 Å². The van der Waals surface area contributed by atoms with Gasteiger partial charge in [0.25, 0.3) is 0 Å². The summed E-state index contributed by atoms with van der Waals surface area (Å²) in [4.78, 5) is 19.2. The van der Waals surface area contributed by atoms with Crippen LogP contribution in [0, 0.1) is 12.7 Å². The Kier molecular flexibility index (Phi) is 7.17. The Labute approximate surface area is 192 Å². The Balaban J connectivity index is 1.25. The minimum Gasteiger partial charge on any atom is -0.371 e. The Morgan fingerprint density at radius 1 is 1.22 bits per heavy atom. The van der Waals surface area contributed by atoms with Gasteiger partial charge in [-0.15, -0.1) is 11.3 Å². The van der Waals surface area contributed by atoms with Crippen molar-refractivity contribution in [3.63, 3.8) is 0 Å². The number of hydrogen-bond donors (Lipinski definition) is 2. The van der Waals surface area contributed by atoms with Crippen molar-refractivity contribution in [2.24, 2.45) is 0 Å². The zero-order chi connectivity index (χ0) is 22.5. The number of aromatic nitrogens is 1. The maximum atomic E-state index is 13.3. The molecular weight excluding hydrogens is 423 g/mol. The summed E-state index contributed by atoms with van der Waals surface area (Å²) in [6.45, 7) is 6.21. The Morgan fingerprint density at radius 2 is 1.97 bits per heavy atom. The zero-order valence-corrected chi connectivity index (χ0v) is 19.3. The first-order valence-corrected chi connectivity index (χ1v) is 11.9. The molecule has 32 heavy (non-hydrogen) atoms. The van der Waals surface area contributed by atoms with E-state index in [0.29, 0.717) is 11.6 Å². The van der Waals surface area contributed by atoms with Gasteiger partial charge in [0.2, 0.25) is 5.91 Å². The van der Waals surface area contributed by atoms with Gasteiger partial charge in [0.05, 0.1) is 17.1 Å². The predicted octanol–water partition coefficient (Wildman–Crippen LogP) is 5.09. The summed E-state index contributed by atoms with van der Waals surface area (Å²) < 4.78 is 13.3. The first-order valence-electron chi connectivity index (χ1n) is 11.0. The number of carbonyl (C=O) groups is 1. The lowest BCUT2D eigenvalue weighted by Gasteiger charge is -2.35.